The van der Waals surface area contributed by atoms with Crippen LogP contribution < -0.4 is 5.32 Å². The second kappa shape index (κ2) is 6.20. The van der Waals surface area contributed by atoms with Crippen LogP contribution in [0.5, 0.6) is 0 Å². The first-order chi connectivity index (χ1) is 11.7. The molecule has 1 atom stereocenters. The number of imidazole rings is 1. The molecular formula is C16H18N6OS. The summed E-state index contributed by atoms with van der Waals surface area (Å²) in [4.78, 5) is 22.4. The highest BCUT2D eigenvalue weighted by Crippen LogP contribution is 2.23. The average molecular weight is 342 g/mol. The van der Waals surface area contributed by atoms with Gasteiger partial charge in [0.25, 0.3) is 0 Å². The highest BCUT2D eigenvalue weighted by molar-refractivity contribution is 7.13. The maximum Gasteiger partial charge on any atom is 0.249 e. The van der Waals surface area contributed by atoms with Gasteiger partial charge in [-0.15, -0.1) is 16.4 Å². The summed E-state index contributed by atoms with van der Waals surface area (Å²) < 4.78 is 2.16. The Balaban J connectivity index is 1.43. The van der Waals surface area contributed by atoms with E-state index in [0.29, 0.717) is 18.2 Å². The van der Waals surface area contributed by atoms with Crippen LogP contribution in [0, 0.1) is 5.92 Å². The van der Waals surface area contributed by atoms with E-state index in [1.165, 1.54) is 0 Å². The first kappa shape index (κ1) is 15.1. The number of H-pyrrole nitrogens is 1. The number of thiophene rings is 1. The van der Waals surface area contributed by atoms with E-state index in [1.807, 2.05) is 17.5 Å². The second-order valence-electron chi connectivity index (χ2n) is 5.86. The van der Waals surface area contributed by atoms with Crippen molar-refractivity contribution in [2.24, 2.45) is 5.92 Å². The molecule has 0 radical (unpaired) electrons. The molecule has 0 aromatic carbocycles. The second-order valence-corrected chi connectivity index (χ2v) is 6.81. The van der Waals surface area contributed by atoms with Gasteiger partial charge in [-0.05, 0) is 24.3 Å². The van der Waals surface area contributed by atoms with Gasteiger partial charge in [-0.1, -0.05) is 13.0 Å². The Morgan fingerprint density at radius 1 is 1.50 bits per heavy atom. The maximum atomic E-state index is 12.5. The summed E-state index contributed by atoms with van der Waals surface area (Å²) in [5, 5.41) is 11.7. The summed E-state index contributed by atoms with van der Waals surface area (Å²) >= 11 is 1.58. The minimum atomic E-state index is -0.0895. The van der Waals surface area contributed by atoms with Crippen molar-refractivity contribution in [1.29, 1.82) is 0 Å². The topological polar surface area (TPSA) is 88.5 Å². The van der Waals surface area contributed by atoms with Gasteiger partial charge in [-0.3, -0.25) is 15.2 Å². The Morgan fingerprint density at radius 3 is 3.21 bits per heavy atom. The zero-order valence-corrected chi connectivity index (χ0v) is 14.1. The molecule has 0 fully saturated rings. The van der Waals surface area contributed by atoms with Crippen molar-refractivity contribution in [2.75, 3.05) is 5.32 Å². The molecule has 124 valence electrons. The van der Waals surface area contributed by atoms with E-state index in [9.17, 15) is 4.79 Å². The Morgan fingerprint density at radius 2 is 2.42 bits per heavy atom. The molecule has 0 spiro atoms. The highest BCUT2D eigenvalue weighted by Gasteiger charge is 2.27. The van der Waals surface area contributed by atoms with Crippen LogP contribution in [-0.4, -0.2) is 30.6 Å². The monoisotopic (exact) mass is 342 g/mol. The fraction of sp³-hybridized carbons (Fsp3) is 0.375. The van der Waals surface area contributed by atoms with E-state index in [-0.39, 0.29) is 11.8 Å². The first-order valence-electron chi connectivity index (χ1n) is 8.05. The summed E-state index contributed by atoms with van der Waals surface area (Å²) in [6, 6.07) is 3.92. The SMILES string of the molecule is CCc1cn2c(n1)CC(C(=O)Nc1n[nH]c(-c3cccs3)n1)CC2. The first-order valence-corrected chi connectivity index (χ1v) is 8.93. The van der Waals surface area contributed by atoms with E-state index < -0.39 is 0 Å². The lowest BCUT2D eigenvalue weighted by molar-refractivity contribution is -0.120. The Kier molecular flexibility index (Phi) is 3.89. The van der Waals surface area contributed by atoms with Gasteiger partial charge in [-0.2, -0.15) is 4.98 Å². The van der Waals surface area contributed by atoms with Crippen molar-refractivity contribution in [3.63, 3.8) is 0 Å². The molecular weight excluding hydrogens is 324 g/mol. The number of fused-ring (bicyclic) bond motifs is 1. The third kappa shape index (κ3) is 2.84. The van der Waals surface area contributed by atoms with Crippen LogP contribution in [0.2, 0.25) is 0 Å². The number of aromatic nitrogens is 5. The number of nitrogens with zero attached hydrogens (tertiary/aromatic N) is 4. The summed E-state index contributed by atoms with van der Waals surface area (Å²) in [7, 11) is 0. The van der Waals surface area contributed by atoms with Crippen LogP contribution in [0.4, 0.5) is 5.95 Å². The molecule has 24 heavy (non-hydrogen) atoms. The zero-order valence-electron chi connectivity index (χ0n) is 13.3. The van der Waals surface area contributed by atoms with Crippen LogP contribution in [0.25, 0.3) is 10.7 Å². The van der Waals surface area contributed by atoms with Crippen LogP contribution in [-0.2, 0) is 24.2 Å². The predicted molar refractivity (Wildman–Crippen MR) is 91.7 cm³/mol. The molecule has 3 aromatic rings. The molecule has 7 nitrogen and oxygen atoms in total. The van der Waals surface area contributed by atoms with E-state index in [1.54, 1.807) is 11.3 Å². The van der Waals surface area contributed by atoms with Gasteiger partial charge in [0.15, 0.2) is 5.82 Å². The number of carbonyl (C=O) groups excluding carboxylic acids is 1. The van der Waals surface area contributed by atoms with Crippen molar-refractivity contribution in [1.82, 2.24) is 24.7 Å². The normalized spacial score (nSPS) is 16.8. The molecule has 0 bridgehead atoms. The van der Waals surface area contributed by atoms with E-state index in [4.69, 9.17) is 0 Å². The minimum absolute atomic E-state index is 0.0426. The number of hydrogen-bond donors (Lipinski definition) is 2. The summed E-state index contributed by atoms with van der Waals surface area (Å²) in [6.07, 6.45) is 4.47. The van der Waals surface area contributed by atoms with Crippen LogP contribution >= 0.6 is 11.3 Å². The summed E-state index contributed by atoms with van der Waals surface area (Å²) in [5.74, 6) is 1.86. The van der Waals surface area contributed by atoms with Crippen molar-refractivity contribution < 1.29 is 4.79 Å². The van der Waals surface area contributed by atoms with Crippen molar-refractivity contribution >= 4 is 23.2 Å². The standard InChI is InChI=1S/C16H18N6OS/c1-2-11-9-22-6-5-10(8-13(22)17-11)15(23)19-16-18-14(20-21-16)12-4-3-7-24-12/h3-4,7,9-10H,2,5-6,8H2,1H3,(H2,18,19,20,21,23). The van der Waals surface area contributed by atoms with Gasteiger partial charge in [0, 0.05) is 25.1 Å². The van der Waals surface area contributed by atoms with Crippen LogP contribution in [0.15, 0.2) is 23.7 Å². The third-order valence-electron chi connectivity index (χ3n) is 4.26. The number of aryl methyl sites for hydroxylation is 2. The Bertz CT molecular complexity index is 850. The number of amides is 1. The van der Waals surface area contributed by atoms with E-state index in [0.717, 1.165) is 35.8 Å². The summed E-state index contributed by atoms with van der Waals surface area (Å²) in [5.41, 5.74) is 1.08. The smallest absolute Gasteiger partial charge is 0.249 e. The minimum Gasteiger partial charge on any atom is -0.335 e. The fourth-order valence-electron chi connectivity index (χ4n) is 2.93. The zero-order chi connectivity index (χ0) is 16.5. The van der Waals surface area contributed by atoms with Gasteiger partial charge in [0.05, 0.1) is 10.6 Å². The number of hydrogen-bond acceptors (Lipinski definition) is 5. The van der Waals surface area contributed by atoms with Gasteiger partial charge < -0.3 is 4.57 Å². The largest absolute Gasteiger partial charge is 0.335 e. The molecule has 1 aliphatic heterocycles. The van der Waals surface area contributed by atoms with Crippen LogP contribution in [0.1, 0.15) is 24.9 Å². The molecule has 4 rings (SSSR count). The molecule has 1 unspecified atom stereocenters. The molecule has 1 amide bonds. The molecule has 3 aromatic heterocycles. The van der Waals surface area contributed by atoms with Crippen molar-refractivity contribution in [3.8, 4) is 10.7 Å². The van der Waals surface area contributed by atoms with Crippen LogP contribution in [0.3, 0.4) is 0 Å². The third-order valence-corrected chi connectivity index (χ3v) is 5.14. The maximum absolute atomic E-state index is 12.5. The van der Waals surface area contributed by atoms with Gasteiger partial charge in [-0.25, -0.2) is 4.98 Å². The molecule has 4 heterocycles. The number of rotatable bonds is 4. The van der Waals surface area contributed by atoms with Gasteiger partial charge >= 0.3 is 0 Å². The number of aromatic amines is 1. The van der Waals surface area contributed by atoms with Gasteiger partial charge in [0.1, 0.15) is 5.82 Å². The Labute approximate surface area is 143 Å². The van der Waals surface area contributed by atoms with E-state index in [2.05, 4.69) is 43.2 Å². The predicted octanol–water partition coefficient (Wildman–Crippen LogP) is 2.49. The molecule has 8 heteroatoms. The molecule has 2 N–H and O–H groups in total. The van der Waals surface area contributed by atoms with Crippen molar-refractivity contribution in [2.45, 2.75) is 32.7 Å². The molecule has 0 aliphatic carbocycles. The lowest BCUT2D eigenvalue weighted by atomic mass is 9.97. The molecule has 0 saturated heterocycles. The molecule has 1 aliphatic rings. The van der Waals surface area contributed by atoms with E-state index >= 15 is 0 Å². The lowest BCUT2D eigenvalue weighted by Crippen LogP contribution is -2.30. The fourth-order valence-corrected chi connectivity index (χ4v) is 3.60. The quantitative estimate of drug-likeness (QED) is 0.762. The summed E-state index contributed by atoms with van der Waals surface area (Å²) in [6.45, 7) is 2.92. The number of nitrogens with one attached hydrogen (secondary N) is 2. The van der Waals surface area contributed by atoms with Crippen molar-refractivity contribution in [3.05, 3.63) is 35.2 Å². The number of anilines is 1. The molecule has 0 saturated carbocycles. The lowest BCUT2D eigenvalue weighted by Gasteiger charge is -2.21. The Hall–Kier alpha value is -2.48. The average Bonchev–Trinajstić information content (AvgIpc) is 3.33. The number of carbonyl (C=O) groups is 1. The van der Waals surface area contributed by atoms with Gasteiger partial charge in [0.2, 0.25) is 11.9 Å². The highest BCUT2D eigenvalue weighted by atomic mass is 32.1.